The van der Waals surface area contributed by atoms with E-state index in [0.29, 0.717) is 0 Å². The van der Waals surface area contributed by atoms with Crippen LogP contribution in [0.3, 0.4) is 0 Å². The Kier molecular flexibility index (Phi) is 10.8. The molecule has 6 rings (SSSR count). The molecule has 0 atom stereocenters. The molecule has 0 aliphatic rings. The van der Waals surface area contributed by atoms with Crippen LogP contribution in [0.1, 0.15) is 33.4 Å². The van der Waals surface area contributed by atoms with Gasteiger partial charge >= 0.3 is 283 Å². The van der Waals surface area contributed by atoms with E-state index in [0.717, 1.165) is 23.7 Å². The quantitative estimate of drug-likeness (QED) is 0.0676. The zero-order valence-electron chi connectivity index (χ0n) is 25.5. The number of rotatable bonds is 14. The van der Waals surface area contributed by atoms with Crippen LogP contribution in [0.15, 0.2) is 182 Å². The number of hydrogen-bond acceptors (Lipinski definition) is 1. The van der Waals surface area contributed by atoms with E-state index in [1.54, 1.807) is 0 Å². The SMILES string of the molecule is c1ccc(C([Se]CCNCC[Se]C(c2ccccc2)(c2ccccc2)c2ccccc2)(c2ccccc2)c2ccccc2)cc1. The van der Waals surface area contributed by atoms with E-state index in [-0.39, 0.29) is 38.5 Å². The molecule has 0 aliphatic heterocycles. The molecule has 0 bridgehead atoms. The summed E-state index contributed by atoms with van der Waals surface area (Å²) in [5.41, 5.74) is 8.27. The van der Waals surface area contributed by atoms with Crippen LogP contribution < -0.4 is 5.32 Å². The maximum atomic E-state index is 3.87. The van der Waals surface area contributed by atoms with E-state index in [9.17, 15) is 0 Å². The molecule has 0 fully saturated rings. The van der Waals surface area contributed by atoms with Gasteiger partial charge in [0.05, 0.1) is 0 Å². The molecule has 0 saturated carbocycles. The van der Waals surface area contributed by atoms with Crippen molar-refractivity contribution in [2.75, 3.05) is 13.1 Å². The van der Waals surface area contributed by atoms with Crippen LogP contribution in [0.2, 0.25) is 10.6 Å². The van der Waals surface area contributed by atoms with Crippen molar-refractivity contribution >= 4 is 29.9 Å². The van der Waals surface area contributed by atoms with Gasteiger partial charge in [0, 0.05) is 0 Å². The monoisotopic (exact) mass is 717 g/mol. The molecular formula is C42H39NSe2. The van der Waals surface area contributed by atoms with E-state index < -0.39 is 0 Å². The minimum atomic E-state index is -0.133. The molecule has 0 aliphatic carbocycles. The van der Waals surface area contributed by atoms with Gasteiger partial charge in [0.15, 0.2) is 0 Å². The first-order valence-corrected chi connectivity index (χ1v) is 19.8. The van der Waals surface area contributed by atoms with Gasteiger partial charge in [-0.05, 0) is 0 Å². The van der Waals surface area contributed by atoms with Gasteiger partial charge in [-0.2, -0.15) is 0 Å². The fourth-order valence-electron chi connectivity index (χ4n) is 6.21. The Morgan fingerprint density at radius 2 is 0.511 bits per heavy atom. The zero-order valence-corrected chi connectivity index (χ0v) is 28.9. The third-order valence-electron chi connectivity index (χ3n) is 8.28. The third kappa shape index (κ3) is 6.95. The first kappa shape index (κ1) is 31.3. The number of hydrogen-bond donors (Lipinski definition) is 1. The van der Waals surface area contributed by atoms with Crippen molar-refractivity contribution in [2.24, 2.45) is 0 Å². The molecule has 0 unspecified atom stereocenters. The van der Waals surface area contributed by atoms with Crippen LogP contribution >= 0.6 is 0 Å². The summed E-state index contributed by atoms with van der Waals surface area (Å²) in [6.45, 7) is 2.03. The van der Waals surface area contributed by atoms with Crippen molar-refractivity contribution in [3.63, 3.8) is 0 Å². The molecule has 1 nitrogen and oxygen atoms in total. The van der Waals surface area contributed by atoms with Crippen LogP contribution in [0.5, 0.6) is 0 Å². The van der Waals surface area contributed by atoms with Crippen molar-refractivity contribution in [3.05, 3.63) is 215 Å². The van der Waals surface area contributed by atoms with Crippen LogP contribution in [-0.4, -0.2) is 43.0 Å². The molecule has 0 spiro atoms. The molecule has 3 heteroatoms. The van der Waals surface area contributed by atoms with Crippen LogP contribution in [0, 0.1) is 0 Å². The second-order valence-electron chi connectivity index (χ2n) is 11.0. The van der Waals surface area contributed by atoms with Crippen molar-refractivity contribution < 1.29 is 0 Å². The Labute approximate surface area is 281 Å². The average Bonchev–Trinajstić information content (AvgIpc) is 3.13. The van der Waals surface area contributed by atoms with E-state index in [1.165, 1.54) is 33.4 Å². The van der Waals surface area contributed by atoms with E-state index >= 15 is 0 Å². The third-order valence-corrected chi connectivity index (χ3v) is 14.8. The number of nitrogens with one attached hydrogen (secondary N) is 1. The summed E-state index contributed by atoms with van der Waals surface area (Å²) >= 11 is 0.578. The van der Waals surface area contributed by atoms with Crippen LogP contribution in [-0.2, 0) is 8.63 Å². The normalized spacial score (nSPS) is 11.7. The van der Waals surface area contributed by atoms with Crippen molar-refractivity contribution in [1.29, 1.82) is 0 Å². The second kappa shape index (κ2) is 15.5. The molecule has 6 aromatic carbocycles. The summed E-state index contributed by atoms with van der Waals surface area (Å²) < 4.78 is -0.267. The number of benzene rings is 6. The summed E-state index contributed by atoms with van der Waals surface area (Å²) in [5.74, 6) is 0. The summed E-state index contributed by atoms with van der Waals surface area (Å²) in [4.78, 5) is 0. The predicted molar refractivity (Wildman–Crippen MR) is 192 cm³/mol. The van der Waals surface area contributed by atoms with Crippen LogP contribution in [0.25, 0.3) is 0 Å². The molecule has 1 N–H and O–H groups in total. The zero-order chi connectivity index (χ0) is 30.6. The maximum absolute atomic E-state index is 3.87. The molecule has 0 amide bonds. The topological polar surface area (TPSA) is 12.0 Å². The fraction of sp³-hybridized carbons (Fsp3) is 0.143. The Balaban J connectivity index is 1.19. The van der Waals surface area contributed by atoms with Crippen molar-refractivity contribution in [1.82, 2.24) is 5.32 Å². The standard InChI is InChI=1S/C42H39NSe2/c1-7-19-35(20-8-1)41(36-21-9-2-10-22-36,37-23-11-3-12-24-37)44-33-31-43-32-34-45-42(38-25-13-4-14-26-38,39-27-15-5-16-28-39)40-29-17-6-18-30-40/h1-30,43H,31-34H2. The predicted octanol–water partition coefficient (Wildman–Crippen LogP) is 8.81. The van der Waals surface area contributed by atoms with E-state index in [4.69, 9.17) is 0 Å². The Morgan fingerprint density at radius 3 is 0.711 bits per heavy atom. The van der Waals surface area contributed by atoms with Gasteiger partial charge in [0.2, 0.25) is 0 Å². The van der Waals surface area contributed by atoms with Crippen molar-refractivity contribution in [2.45, 2.75) is 19.3 Å². The summed E-state index contributed by atoms with van der Waals surface area (Å²) in [7, 11) is 0. The molecule has 0 heterocycles. The minimum absolute atomic E-state index is 0.133. The van der Waals surface area contributed by atoms with Gasteiger partial charge < -0.3 is 0 Å². The van der Waals surface area contributed by atoms with Gasteiger partial charge in [-0.3, -0.25) is 0 Å². The Bertz CT molecular complexity index is 1370. The first-order chi connectivity index (χ1) is 22.3. The van der Waals surface area contributed by atoms with E-state index in [1.807, 2.05) is 0 Å². The van der Waals surface area contributed by atoms with Gasteiger partial charge in [-0.15, -0.1) is 0 Å². The first-order valence-electron chi connectivity index (χ1n) is 15.7. The summed E-state index contributed by atoms with van der Waals surface area (Å²) in [6.07, 6.45) is 0. The fourth-order valence-corrected chi connectivity index (χ4v) is 12.3. The van der Waals surface area contributed by atoms with Gasteiger partial charge in [0.25, 0.3) is 0 Å². The second-order valence-corrected chi connectivity index (χ2v) is 16.5. The molecular weight excluding hydrogens is 676 g/mol. The van der Waals surface area contributed by atoms with Gasteiger partial charge in [-0.25, -0.2) is 0 Å². The molecule has 45 heavy (non-hydrogen) atoms. The molecule has 0 aromatic heterocycles. The van der Waals surface area contributed by atoms with Crippen molar-refractivity contribution in [3.8, 4) is 0 Å². The Hall–Kier alpha value is -3.68. The van der Waals surface area contributed by atoms with Gasteiger partial charge in [0.1, 0.15) is 0 Å². The van der Waals surface area contributed by atoms with Crippen LogP contribution in [0.4, 0.5) is 0 Å². The average molecular weight is 716 g/mol. The molecule has 0 saturated heterocycles. The molecule has 0 radical (unpaired) electrons. The Morgan fingerprint density at radius 1 is 0.311 bits per heavy atom. The molecule has 224 valence electrons. The summed E-state index contributed by atoms with van der Waals surface area (Å²) in [5, 5.41) is 6.15. The molecule has 6 aromatic rings. The van der Waals surface area contributed by atoms with Gasteiger partial charge in [-0.1, -0.05) is 0 Å². The summed E-state index contributed by atoms with van der Waals surface area (Å²) in [6, 6.07) is 66.7. The van der Waals surface area contributed by atoms with E-state index in [2.05, 4.69) is 187 Å².